The van der Waals surface area contributed by atoms with Crippen LogP contribution in [-0.2, 0) is 14.4 Å². The molecule has 0 aromatic rings. The molecule has 1 N–H and O–H groups in total. The molecule has 3 aliphatic rings. The largest absolute Gasteiger partial charge is 0.394 e. The summed E-state index contributed by atoms with van der Waals surface area (Å²) in [6, 6.07) is -1.18. The second-order valence-corrected chi connectivity index (χ2v) is 13.3. The fraction of sp³-hybridized carbons (Fsp3) is 0.741. The fourth-order valence-electron chi connectivity index (χ4n) is 6.37. The van der Waals surface area contributed by atoms with E-state index in [1.54, 1.807) is 45.7 Å². The van der Waals surface area contributed by atoms with E-state index in [2.05, 4.69) is 27.0 Å². The molecule has 1 spiro atoms. The highest BCUT2D eigenvalue weighted by molar-refractivity contribution is 8.02. The van der Waals surface area contributed by atoms with Crippen LogP contribution in [0.1, 0.15) is 53.9 Å². The Morgan fingerprint density at radius 1 is 1.23 bits per heavy atom. The molecule has 2 unspecified atom stereocenters. The normalized spacial score (nSPS) is 30.4. The third kappa shape index (κ3) is 4.68. The van der Waals surface area contributed by atoms with Crippen LogP contribution in [0.5, 0.6) is 0 Å². The number of hydrogen-bond acceptors (Lipinski definition) is 5. The smallest absolute Gasteiger partial charge is 0.247 e. The summed E-state index contributed by atoms with van der Waals surface area (Å²) in [5.41, 5.74) is -0.470. The van der Waals surface area contributed by atoms with E-state index in [0.29, 0.717) is 25.9 Å². The predicted octanol–water partition coefficient (Wildman–Crippen LogP) is 2.94. The number of likely N-dealkylation sites (tertiary alicyclic amines) is 1. The van der Waals surface area contributed by atoms with Crippen LogP contribution in [-0.4, -0.2) is 91.9 Å². The molecule has 0 radical (unpaired) electrons. The number of hydrogen-bond donors (Lipinski definition) is 1. The monoisotopic (exact) mass is 505 g/mol. The van der Waals surface area contributed by atoms with Crippen molar-refractivity contribution in [3.63, 3.8) is 0 Å². The van der Waals surface area contributed by atoms with Gasteiger partial charge in [-0.1, -0.05) is 26.0 Å². The Labute approximate surface area is 215 Å². The lowest BCUT2D eigenvalue weighted by atomic mass is 9.70. The van der Waals surface area contributed by atoms with Crippen molar-refractivity contribution in [2.45, 2.75) is 81.5 Å². The van der Waals surface area contributed by atoms with Crippen LogP contribution in [0.25, 0.3) is 0 Å². The summed E-state index contributed by atoms with van der Waals surface area (Å²) >= 11 is 1.67. The van der Waals surface area contributed by atoms with Gasteiger partial charge in [-0.25, -0.2) is 0 Å². The maximum atomic E-state index is 14.4. The molecule has 196 valence electrons. The molecule has 7 nitrogen and oxygen atoms in total. The lowest BCUT2D eigenvalue weighted by molar-refractivity contribution is -0.149. The van der Waals surface area contributed by atoms with Gasteiger partial charge in [-0.05, 0) is 46.0 Å². The molecule has 3 saturated heterocycles. The number of aliphatic hydroxyl groups is 1. The number of thioether (sulfide) groups is 1. The van der Waals surface area contributed by atoms with Gasteiger partial charge in [-0.3, -0.25) is 14.4 Å². The van der Waals surface area contributed by atoms with Crippen LogP contribution in [0.3, 0.4) is 0 Å². The zero-order chi connectivity index (χ0) is 26.3. The molecule has 35 heavy (non-hydrogen) atoms. The van der Waals surface area contributed by atoms with Gasteiger partial charge in [-0.15, -0.1) is 24.9 Å². The summed E-state index contributed by atoms with van der Waals surface area (Å²) < 4.78 is -0.663. The lowest BCUT2D eigenvalue weighted by Crippen LogP contribution is -2.60. The number of amides is 3. The van der Waals surface area contributed by atoms with Crippen molar-refractivity contribution in [1.29, 1.82) is 0 Å². The quantitative estimate of drug-likeness (QED) is 0.462. The Kier molecular flexibility index (Phi) is 8.17. The molecule has 0 aliphatic carbocycles. The molecular weight excluding hydrogens is 462 g/mol. The highest BCUT2D eigenvalue weighted by Gasteiger charge is 2.74. The van der Waals surface area contributed by atoms with Gasteiger partial charge in [0.25, 0.3) is 0 Å². The fourth-order valence-corrected chi connectivity index (χ4v) is 8.57. The van der Waals surface area contributed by atoms with Crippen molar-refractivity contribution in [3.05, 3.63) is 25.3 Å². The molecular formula is C27H43N3O4S. The van der Waals surface area contributed by atoms with Crippen LogP contribution >= 0.6 is 11.8 Å². The van der Waals surface area contributed by atoms with Crippen molar-refractivity contribution in [3.8, 4) is 0 Å². The molecule has 8 heteroatoms. The Balaban J connectivity index is 2.13. The third-order valence-electron chi connectivity index (χ3n) is 7.77. The van der Waals surface area contributed by atoms with E-state index in [-0.39, 0.29) is 35.5 Å². The molecule has 3 rings (SSSR count). The van der Waals surface area contributed by atoms with E-state index in [1.165, 1.54) is 0 Å². The van der Waals surface area contributed by atoms with Gasteiger partial charge in [0, 0.05) is 30.9 Å². The number of fused-ring (bicyclic) bond motifs is 1. The zero-order valence-electron chi connectivity index (χ0n) is 22.2. The van der Waals surface area contributed by atoms with Gasteiger partial charge in [-0.2, -0.15) is 0 Å². The summed E-state index contributed by atoms with van der Waals surface area (Å²) in [7, 11) is 1.74. The van der Waals surface area contributed by atoms with Crippen LogP contribution in [0.15, 0.2) is 25.3 Å². The Morgan fingerprint density at radius 2 is 1.86 bits per heavy atom. The SMILES string of the molecule is C=CCN(C)C(=O)[C@@H]1[C@H]2C(=O)N([C@@H](CO)CC(C)C)C(C(=O)N(CC=C)C(C)(C)C)C23CC[C@H]1S3. The first-order chi connectivity index (χ1) is 16.3. The van der Waals surface area contributed by atoms with E-state index in [9.17, 15) is 19.5 Å². The molecule has 0 aromatic carbocycles. The second-order valence-electron chi connectivity index (χ2n) is 11.7. The van der Waals surface area contributed by atoms with Crippen LogP contribution in [0.2, 0.25) is 0 Å². The molecule has 3 amide bonds. The van der Waals surface area contributed by atoms with Gasteiger partial charge < -0.3 is 19.8 Å². The third-order valence-corrected chi connectivity index (χ3v) is 9.72. The first-order valence-electron chi connectivity index (χ1n) is 12.7. The summed E-state index contributed by atoms with van der Waals surface area (Å²) in [6.45, 7) is 18.2. The topological polar surface area (TPSA) is 81.2 Å². The Hall–Kier alpha value is -1.80. The van der Waals surface area contributed by atoms with Crippen molar-refractivity contribution in [2.24, 2.45) is 17.8 Å². The van der Waals surface area contributed by atoms with E-state index < -0.39 is 34.2 Å². The van der Waals surface area contributed by atoms with Gasteiger partial charge in [0.05, 0.1) is 29.2 Å². The second kappa shape index (κ2) is 10.3. The van der Waals surface area contributed by atoms with E-state index in [4.69, 9.17) is 0 Å². The standard InChI is InChI=1S/C27H43N3O4S/c1-9-13-28(8)23(32)20-19-11-12-27(35-19)21(20)24(33)30(18(16-31)15-17(3)4)22(27)25(34)29(14-10-2)26(5,6)7/h9-10,17-22,31H,1-2,11-16H2,3-8H3/t18-,19-,20+,21+,22?,27?/m1/s1. The lowest BCUT2D eigenvalue weighted by Gasteiger charge is -2.43. The van der Waals surface area contributed by atoms with Crippen molar-refractivity contribution >= 4 is 29.5 Å². The molecule has 3 fully saturated rings. The minimum atomic E-state index is -0.715. The van der Waals surface area contributed by atoms with Crippen molar-refractivity contribution < 1.29 is 19.5 Å². The Bertz CT molecular complexity index is 869. The highest BCUT2D eigenvalue weighted by Crippen LogP contribution is 2.67. The maximum Gasteiger partial charge on any atom is 0.247 e. The first kappa shape index (κ1) is 27.8. The number of aliphatic hydroxyl groups excluding tert-OH is 1. The van der Waals surface area contributed by atoms with Gasteiger partial charge in [0.15, 0.2) is 0 Å². The average Bonchev–Trinajstić information content (AvgIpc) is 3.41. The highest BCUT2D eigenvalue weighted by atomic mass is 32.2. The first-order valence-corrected chi connectivity index (χ1v) is 13.6. The molecule has 0 saturated carbocycles. The average molecular weight is 506 g/mol. The van der Waals surface area contributed by atoms with Crippen molar-refractivity contribution in [2.75, 3.05) is 26.7 Å². The van der Waals surface area contributed by atoms with Crippen LogP contribution < -0.4 is 0 Å². The summed E-state index contributed by atoms with van der Waals surface area (Å²) in [5.74, 6) is -1.12. The number of carbonyl (C=O) groups excluding carboxylic acids is 3. The van der Waals surface area contributed by atoms with Crippen LogP contribution in [0.4, 0.5) is 0 Å². The maximum absolute atomic E-state index is 14.4. The number of carbonyl (C=O) groups is 3. The molecule has 2 bridgehead atoms. The minimum absolute atomic E-state index is 0.0151. The summed E-state index contributed by atoms with van der Waals surface area (Å²) in [6.07, 6.45) is 5.51. The van der Waals surface area contributed by atoms with E-state index in [1.807, 2.05) is 20.8 Å². The molecule has 3 heterocycles. The molecule has 6 atom stereocenters. The van der Waals surface area contributed by atoms with Gasteiger partial charge >= 0.3 is 0 Å². The number of nitrogens with zero attached hydrogens (tertiary/aromatic N) is 3. The molecule has 0 aromatic heterocycles. The minimum Gasteiger partial charge on any atom is -0.394 e. The van der Waals surface area contributed by atoms with E-state index in [0.717, 1.165) is 6.42 Å². The van der Waals surface area contributed by atoms with E-state index >= 15 is 0 Å². The van der Waals surface area contributed by atoms with Crippen LogP contribution in [0, 0.1) is 17.8 Å². The van der Waals surface area contributed by atoms with Gasteiger partial charge in [0.1, 0.15) is 6.04 Å². The van der Waals surface area contributed by atoms with Gasteiger partial charge in [0.2, 0.25) is 17.7 Å². The van der Waals surface area contributed by atoms with Crippen molar-refractivity contribution in [1.82, 2.24) is 14.7 Å². The number of rotatable bonds is 10. The zero-order valence-corrected chi connectivity index (χ0v) is 23.0. The summed E-state index contributed by atoms with van der Waals surface area (Å²) in [5, 5.41) is 10.4. The predicted molar refractivity (Wildman–Crippen MR) is 141 cm³/mol. The summed E-state index contributed by atoms with van der Waals surface area (Å²) in [4.78, 5) is 47.2. The Morgan fingerprint density at radius 3 is 2.37 bits per heavy atom. The molecule has 3 aliphatic heterocycles. The number of likely N-dealkylation sites (N-methyl/N-ethyl adjacent to an activating group) is 1.